The zero-order valence-corrected chi connectivity index (χ0v) is 26.8. The highest BCUT2D eigenvalue weighted by atomic mass is 32.1. The van der Waals surface area contributed by atoms with Gasteiger partial charge in [0.15, 0.2) is 5.43 Å². The molecule has 3 aliphatic rings. The minimum Gasteiger partial charge on any atom is -0.360 e. The van der Waals surface area contributed by atoms with Crippen LogP contribution >= 0.6 is 11.3 Å². The van der Waals surface area contributed by atoms with Gasteiger partial charge in [0.2, 0.25) is 6.41 Å². The van der Waals surface area contributed by atoms with Crippen LogP contribution in [0.1, 0.15) is 69.5 Å². The van der Waals surface area contributed by atoms with Crippen LogP contribution in [0.15, 0.2) is 52.8 Å². The number of nitrogens with zero attached hydrogens (tertiary/aromatic N) is 3. The van der Waals surface area contributed by atoms with Crippen molar-refractivity contribution < 1.29 is 13.6 Å². The Bertz CT molecular complexity index is 1440. The summed E-state index contributed by atoms with van der Waals surface area (Å²) in [5.74, 6) is -0.945. The molecule has 7 nitrogen and oxygen atoms in total. The van der Waals surface area contributed by atoms with Crippen molar-refractivity contribution in [1.29, 1.82) is 0 Å². The van der Waals surface area contributed by atoms with Gasteiger partial charge < -0.3 is 20.1 Å². The third-order valence-corrected chi connectivity index (χ3v) is 10.2. The Hall–Kier alpha value is -2.92. The number of carbonyl (C=O) groups excluding carboxylic acids is 1. The standard InChI is InChI=1S/C19H25N3OS.C15H20F2N2O/c1-21-8-9-22(19(14-21)6-2-3-7-19)13-15-12-20-16(11-17(15)23)18-5-4-10-24-18;1-10(2)18-12-5-6-19(9-20)15(8-12)13-7-11(16)3-4-14(13)17/h4-5,10-12H,2-3,6-9,13-14H2,1H3,(H,20,23);3-4,7,9-10,12,15,18H,5-6,8H2,1-2H3. The Labute approximate surface area is 263 Å². The number of halogens is 2. The molecule has 1 aliphatic carbocycles. The largest absolute Gasteiger partial charge is 0.360 e. The van der Waals surface area contributed by atoms with E-state index < -0.39 is 17.7 Å². The summed E-state index contributed by atoms with van der Waals surface area (Å²) in [6.45, 7) is 8.70. The molecule has 2 atom stereocenters. The van der Waals surface area contributed by atoms with Gasteiger partial charge in [-0.15, -0.1) is 11.3 Å². The van der Waals surface area contributed by atoms with E-state index in [2.05, 4.69) is 27.1 Å². The highest BCUT2D eigenvalue weighted by molar-refractivity contribution is 7.13. The number of H-pyrrole nitrogens is 1. The lowest BCUT2D eigenvalue weighted by molar-refractivity contribution is -0.122. The van der Waals surface area contributed by atoms with Crippen LogP contribution in [0.5, 0.6) is 0 Å². The van der Waals surface area contributed by atoms with Crippen LogP contribution in [0.25, 0.3) is 10.6 Å². The molecule has 6 rings (SSSR count). The predicted octanol–water partition coefficient (Wildman–Crippen LogP) is 5.79. The van der Waals surface area contributed by atoms with Crippen molar-refractivity contribution in [3.63, 3.8) is 0 Å². The average Bonchev–Trinajstić information content (AvgIpc) is 3.70. The first kappa shape index (κ1) is 32.5. The number of hydrogen-bond donors (Lipinski definition) is 2. The smallest absolute Gasteiger partial charge is 0.210 e. The fraction of sp³-hybridized carbons (Fsp3) is 0.529. The van der Waals surface area contributed by atoms with Crippen LogP contribution in [-0.2, 0) is 11.3 Å². The maximum absolute atomic E-state index is 13.9. The van der Waals surface area contributed by atoms with E-state index in [0.29, 0.717) is 19.0 Å². The number of likely N-dealkylation sites (tertiary alicyclic amines) is 1. The molecule has 0 bridgehead atoms. The minimum absolute atomic E-state index is 0.157. The van der Waals surface area contributed by atoms with Crippen molar-refractivity contribution in [3.05, 3.63) is 81.0 Å². The van der Waals surface area contributed by atoms with Crippen LogP contribution in [0.4, 0.5) is 8.78 Å². The van der Waals surface area contributed by atoms with Crippen LogP contribution in [0.2, 0.25) is 0 Å². The zero-order valence-electron chi connectivity index (χ0n) is 26.0. The van der Waals surface area contributed by atoms with E-state index in [1.54, 1.807) is 22.3 Å². The first-order chi connectivity index (χ1) is 21.2. The fourth-order valence-electron chi connectivity index (χ4n) is 7.18. The molecule has 1 aromatic carbocycles. The molecule has 44 heavy (non-hydrogen) atoms. The van der Waals surface area contributed by atoms with Gasteiger partial charge in [-0.2, -0.15) is 0 Å². The van der Waals surface area contributed by atoms with Crippen molar-refractivity contribution in [1.82, 2.24) is 25.0 Å². The van der Waals surface area contributed by atoms with Crippen molar-refractivity contribution in [2.45, 2.75) is 82.6 Å². The normalized spacial score (nSPS) is 22.3. The summed E-state index contributed by atoms with van der Waals surface area (Å²) in [5, 5.41) is 5.44. The van der Waals surface area contributed by atoms with Gasteiger partial charge in [-0.05, 0) is 62.4 Å². The number of benzene rings is 1. The number of thiophene rings is 1. The second-order valence-electron chi connectivity index (χ2n) is 12.9. The molecule has 0 radical (unpaired) electrons. The summed E-state index contributed by atoms with van der Waals surface area (Å²) in [7, 11) is 2.22. The van der Waals surface area contributed by atoms with Gasteiger partial charge >= 0.3 is 0 Å². The molecule has 2 saturated heterocycles. The molecule has 3 fully saturated rings. The molecule has 2 aromatic heterocycles. The molecule has 3 aromatic rings. The van der Waals surface area contributed by atoms with Crippen molar-refractivity contribution in [2.75, 3.05) is 33.2 Å². The number of aromatic nitrogens is 1. The summed E-state index contributed by atoms with van der Waals surface area (Å²) in [6, 6.07) is 9.34. The lowest BCUT2D eigenvalue weighted by Crippen LogP contribution is -2.59. The molecule has 4 heterocycles. The molecule has 2 N–H and O–H groups in total. The zero-order chi connectivity index (χ0) is 31.3. The molecule has 238 valence electrons. The van der Waals surface area contributed by atoms with Crippen molar-refractivity contribution in [2.24, 2.45) is 0 Å². The molecular formula is C34H45F2N5O2S. The summed E-state index contributed by atoms with van der Waals surface area (Å²) < 4.78 is 27.3. The number of carbonyl (C=O) groups is 1. The number of aromatic amines is 1. The van der Waals surface area contributed by atoms with Crippen LogP contribution in [0.3, 0.4) is 0 Å². The van der Waals surface area contributed by atoms with E-state index in [1.807, 2.05) is 37.6 Å². The fourth-order valence-corrected chi connectivity index (χ4v) is 7.88. The Morgan fingerprint density at radius 2 is 1.93 bits per heavy atom. The Balaban J connectivity index is 0.000000178. The van der Waals surface area contributed by atoms with Gasteiger partial charge in [-0.1, -0.05) is 32.8 Å². The quantitative estimate of drug-likeness (QED) is 0.326. The highest BCUT2D eigenvalue weighted by Gasteiger charge is 2.42. The first-order valence-electron chi connectivity index (χ1n) is 15.8. The van der Waals surface area contributed by atoms with Gasteiger partial charge in [0, 0.05) is 73.7 Å². The molecule has 1 amide bonds. The number of likely N-dealkylation sites (N-methyl/N-ethyl adjacent to an activating group) is 1. The van der Waals surface area contributed by atoms with E-state index in [4.69, 9.17) is 0 Å². The van der Waals surface area contributed by atoms with Gasteiger partial charge in [-0.25, -0.2) is 8.78 Å². The monoisotopic (exact) mass is 625 g/mol. The Kier molecular flexibility index (Phi) is 10.7. The molecular weight excluding hydrogens is 580 g/mol. The number of piperazine rings is 1. The summed E-state index contributed by atoms with van der Waals surface area (Å²) in [5.41, 5.74) is 2.52. The maximum atomic E-state index is 13.9. The second-order valence-corrected chi connectivity index (χ2v) is 13.8. The second kappa shape index (κ2) is 14.5. The lowest BCUT2D eigenvalue weighted by Gasteiger charge is -2.48. The molecule has 2 aliphatic heterocycles. The predicted molar refractivity (Wildman–Crippen MR) is 173 cm³/mol. The topological polar surface area (TPSA) is 71.7 Å². The van der Waals surface area contributed by atoms with E-state index in [1.165, 1.54) is 31.7 Å². The van der Waals surface area contributed by atoms with Crippen LogP contribution in [-0.4, -0.2) is 76.9 Å². The van der Waals surface area contributed by atoms with Gasteiger partial charge in [0.1, 0.15) is 11.6 Å². The summed E-state index contributed by atoms with van der Waals surface area (Å²) in [6.07, 6.45) is 9.24. The van der Waals surface area contributed by atoms with E-state index in [-0.39, 0.29) is 22.6 Å². The number of pyridine rings is 1. The van der Waals surface area contributed by atoms with Crippen LogP contribution < -0.4 is 10.7 Å². The number of rotatable bonds is 7. The lowest BCUT2D eigenvalue weighted by atomic mass is 9.91. The first-order valence-corrected chi connectivity index (χ1v) is 16.7. The Morgan fingerprint density at radius 3 is 2.61 bits per heavy atom. The van der Waals surface area contributed by atoms with E-state index >= 15 is 0 Å². The van der Waals surface area contributed by atoms with E-state index in [9.17, 15) is 18.4 Å². The Morgan fingerprint density at radius 1 is 1.14 bits per heavy atom. The maximum Gasteiger partial charge on any atom is 0.210 e. The van der Waals surface area contributed by atoms with Crippen LogP contribution in [0, 0.1) is 11.6 Å². The highest BCUT2D eigenvalue weighted by Crippen LogP contribution is 2.38. The summed E-state index contributed by atoms with van der Waals surface area (Å²) >= 11 is 1.66. The molecule has 1 saturated carbocycles. The van der Waals surface area contributed by atoms with Gasteiger partial charge in [0.25, 0.3) is 0 Å². The third kappa shape index (κ3) is 7.65. The number of amides is 1. The van der Waals surface area contributed by atoms with Crippen molar-refractivity contribution in [3.8, 4) is 10.6 Å². The summed E-state index contributed by atoms with van der Waals surface area (Å²) in [4.78, 5) is 34.8. The number of nitrogens with one attached hydrogen (secondary N) is 2. The van der Waals surface area contributed by atoms with Gasteiger partial charge in [-0.3, -0.25) is 14.5 Å². The SMILES string of the molecule is CC(C)NC1CCN(C=O)C(c2cc(F)ccc2F)C1.CN1CCN(Cc2c[nH]c(-c3cccs3)cc2=O)C2(CCCC2)C1. The number of piperidine rings is 1. The van der Waals surface area contributed by atoms with Crippen molar-refractivity contribution >= 4 is 17.7 Å². The number of hydrogen-bond acceptors (Lipinski definition) is 6. The third-order valence-electron chi connectivity index (χ3n) is 9.33. The minimum atomic E-state index is -0.480. The van der Waals surface area contributed by atoms with Gasteiger partial charge in [0.05, 0.1) is 16.6 Å². The molecule has 10 heteroatoms. The average molecular weight is 626 g/mol. The molecule has 2 unspecified atom stereocenters. The molecule has 1 spiro atoms. The van der Waals surface area contributed by atoms with E-state index in [0.717, 1.165) is 67.3 Å².